The minimum atomic E-state index is -0.495. The van der Waals surface area contributed by atoms with Crippen LogP contribution in [0.15, 0.2) is 30.3 Å². The summed E-state index contributed by atoms with van der Waals surface area (Å²) in [6.45, 7) is 7.86. The number of carbonyl (C=O) groups is 1. The molecule has 106 valence electrons. The lowest BCUT2D eigenvalue weighted by molar-refractivity contribution is 0.0991. The molecule has 2 aromatic rings. The number of hydrogen-bond donors (Lipinski definition) is 0. The highest BCUT2D eigenvalue weighted by Gasteiger charge is 2.20. The maximum absolute atomic E-state index is 12.2. The summed E-state index contributed by atoms with van der Waals surface area (Å²) < 4.78 is 2.14. The summed E-state index contributed by atoms with van der Waals surface area (Å²) in [6, 6.07) is 10.2. The third kappa shape index (κ3) is 2.53. The van der Waals surface area contributed by atoms with Gasteiger partial charge in [-0.1, -0.05) is 25.1 Å². The second-order valence-corrected chi connectivity index (χ2v) is 5.74. The average Bonchev–Trinajstić information content (AvgIpc) is 2.73. The minimum Gasteiger partial charge on any atom is -0.317 e. The lowest BCUT2D eigenvalue weighted by Gasteiger charge is -2.14. The molecule has 20 heavy (non-hydrogen) atoms. The predicted molar refractivity (Wildman–Crippen MR) is 84.3 cm³/mol. The summed E-state index contributed by atoms with van der Waals surface area (Å²) in [4.78, 5) is 12.2. The van der Waals surface area contributed by atoms with Gasteiger partial charge in [-0.2, -0.15) is 0 Å². The molecule has 1 aromatic carbocycles. The van der Waals surface area contributed by atoms with Gasteiger partial charge >= 0.3 is 0 Å². The van der Waals surface area contributed by atoms with Crippen LogP contribution in [-0.2, 0) is 6.42 Å². The van der Waals surface area contributed by atoms with Gasteiger partial charge in [0.25, 0.3) is 0 Å². The quantitative estimate of drug-likeness (QED) is 0.601. The van der Waals surface area contributed by atoms with E-state index in [1.54, 1.807) is 6.92 Å². The Labute approximate surface area is 125 Å². The van der Waals surface area contributed by atoms with Gasteiger partial charge in [0.2, 0.25) is 0 Å². The first kappa shape index (κ1) is 14.9. The van der Waals surface area contributed by atoms with E-state index >= 15 is 0 Å². The van der Waals surface area contributed by atoms with Crippen LogP contribution >= 0.6 is 11.6 Å². The molecule has 0 saturated heterocycles. The van der Waals surface area contributed by atoms with Crippen LogP contribution in [0.2, 0.25) is 0 Å². The van der Waals surface area contributed by atoms with Crippen LogP contribution in [0.25, 0.3) is 5.69 Å². The van der Waals surface area contributed by atoms with E-state index in [0.717, 1.165) is 29.1 Å². The van der Waals surface area contributed by atoms with Gasteiger partial charge in [-0.25, -0.2) is 0 Å². The molecule has 0 saturated carbocycles. The Morgan fingerprint density at radius 3 is 2.55 bits per heavy atom. The average molecular weight is 290 g/mol. The van der Waals surface area contributed by atoms with Crippen molar-refractivity contribution in [3.63, 3.8) is 0 Å². The number of halogens is 1. The van der Waals surface area contributed by atoms with Crippen molar-refractivity contribution in [3.8, 4) is 5.69 Å². The van der Waals surface area contributed by atoms with Crippen molar-refractivity contribution < 1.29 is 4.79 Å². The molecule has 0 N–H and O–H groups in total. The summed E-state index contributed by atoms with van der Waals surface area (Å²) in [5, 5.41) is -0.495. The molecule has 0 aliphatic rings. The predicted octanol–water partition coefficient (Wildman–Crippen LogP) is 4.47. The van der Waals surface area contributed by atoms with Crippen molar-refractivity contribution in [2.24, 2.45) is 0 Å². The largest absolute Gasteiger partial charge is 0.317 e. The number of rotatable bonds is 4. The van der Waals surface area contributed by atoms with Crippen molar-refractivity contribution >= 4 is 17.4 Å². The van der Waals surface area contributed by atoms with Crippen molar-refractivity contribution in [2.75, 3.05) is 0 Å². The standard InChI is InChI=1S/C17H20ClNO/c1-5-14-8-6-7-9-16(14)19-11(2)10-15(13(19)4)17(20)12(3)18/h6-10,12H,5H2,1-4H3. The maximum Gasteiger partial charge on any atom is 0.182 e. The van der Waals surface area contributed by atoms with Crippen LogP contribution < -0.4 is 0 Å². The minimum absolute atomic E-state index is 0.0139. The fraction of sp³-hybridized carbons (Fsp3) is 0.353. The number of aromatic nitrogens is 1. The lowest BCUT2D eigenvalue weighted by atomic mass is 10.1. The number of Topliss-reactive ketones (excluding diaryl/α,β-unsaturated/α-hetero) is 1. The lowest BCUT2D eigenvalue weighted by Crippen LogP contribution is -2.12. The molecule has 3 heteroatoms. The van der Waals surface area contributed by atoms with Gasteiger partial charge in [0.15, 0.2) is 5.78 Å². The van der Waals surface area contributed by atoms with E-state index in [1.807, 2.05) is 32.0 Å². The summed E-state index contributed by atoms with van der Waals surface area (Å²) in [7, 11) is 0. The van der Waals surface area contributed by atoms with Crippen LogP contribution in [0.5, 0.6) is 0 Å². The number of aryl methyl sites for hydroxylation is 2. The van der Waals surface area contributed by atoms with Crippen molar-refractivity contribution in [1.29, 1.82) is 0 Å². The van der Waals surface area contributed by atoms with Crippen molar-refractivity contribution in [3.05, 3.63) is 52.8 Å². The van der Waals surface area contributed by atoms with Gasteiger partial charge < -0.3 is 4.57 Å². The van der Waals surface area contributed by atoms with Gasteiger partial charge in [0.1, 0.15) is 0 Å². The highest BCUT2D eigenvalue weighted by atomic mass is 35.5. The van der Waals surface area contributed by atoms with Gasteiger partial charge in [-0.3, -0.25) is 4.79 Å². The van der Waals surface area contributed by atoms with Crippen LogP contribution in [0.4, 0.5) is 0 Å². The monoisotopic (exact) mass is 289 g/mol. The van der Waals surface area contributed by atoms with Crippen molar-refractivity contribution in [1.82, 2.24) is 4.57 Å². The first-order chi connectivity index (χ1) is 9.47. The van der Waals surface area contributed by atoms with Crippen LogP contribution in [-0.4, -0.2) is 15.7 Å². The van der Waals surface area contributed by atoms with Crippen LogP contribution in [0, 0.1) is 13.8 Å². The Hall–Kier alpha value is -1.54. The summed E-state index contributed by atoms with van der Waals surface area (Å²) in [6.07, 6.45) is 0.961. The molecule has 1 aromatic heterocycles. The Morgan fingerprint density at radius 1 is 1.30 bits per heavy atom. The zero-order valence-electron chi connectivity index (χ0n) is 12.4. The van der Waals surface area contributed by atoms with E-state index in [-0.39, 0.29) is 5.78 Å². The molecule has 1 heterocycles. The fourth-order valence-electron chi connectivity index (χ4n) is 2.63. The first-order valence-corrected chi connectivity index (χ1v) is 7.36. The molecule has 1 atom stereocenters. The smallest absolute Gasteiger partial charge is 0.182 e. The number of nitrogens with zero attached hydrogens (tertiary/aromatic N) is 1. The number of ketones is 1. The zero-order valence-corrected chi connectivity index (χ0v) is 13.2. The Kier molecular flexibility index (Phi) is 4.34. The van der Waals surface area contributed by atoms with E-state index in [4.69, 9.17) is 11.6 Å². The molecule has 0 bridgehead atoms. The van der Waals surface area contributed by atoms with Gasteiger partial charge in [-0.15, -0.1) is 11.6 Å². The fourth-order valence-corrected chi connectivity index (χ4v) is 2.74. The third-order valence-corrected chi connectivity index (χ3v) is 3.87. The normalized spacial score (nSPS) is 12.4. The zero-order chi connectivity index (χ0) is 14.9. The summed E-state index contributed by atoms with van der Waals surface area (Å²) >= 11 is 5.94. The Balaban J connectivity index is 2.62. The van der Waals surface area contributed by atoms with Crippen LogP contribution in [0.1, 0.15) is 41.2 Å². The second-order valence-electron chi connectivity index (χ2n) is 5.08. The van der Waals surface area contributed by atoms with E-state index in [1.165, 1.54) is 5.56 Å². The SMILES string of the molecule is CCc1ccccc1-n1c(C)cc(C(=O)C(C)Cl)c1C. The Bertz CT molecular complexity index is 640. The number of benzene rings is 1. The van der Waals surface area contributed by atoms with E-state index in [9.17, 15) is 4.79 Å². The molecule has 0 radical (unpaired) electrons. The molecule has 2 nitrogen and oxygen atoms in total. The molecular weight excluding hydrogens is 270 g/mol. The summed E-state index contributed by atoms with van der Waals surface area (Å²) in [5.74, 6) is -0.0139. The molecule has 0 fully saturated rings. The van der Waals surface area contributed by atoms with E-state index < -0.39 is 5.38 Å². The molecule has 2 rings (SSSR count). The third-order valence-electron chi connectivity index (χ3n) is 3.67. The van der Waals surface area contributed by atoms with Gasteiger partial charge in [0.05, 0.1) is 5.38 Å². The highest BCUT2D eigenvalue weighted by Crippen LogP contribution is 2.25. The van der Waals surface area contributed by atoms with E-state index in [0.29, 0.717) is 0 Å². The van der Waals surface area contributed by atoms with Gasteiger partial charge in [-0.05, 0) is 44.9 Å². The number of para-hydroxylation sites is 1. The molecule has 0 aliphatic carbocycles. The molecular formula is C17H20ClNO. The number of carbonyl (C=O) groups excluding carboxylic acids is 1. The Morgan fingerprint density at radius 2 is 1.95 bits per heavy atom. The maximum atomic E-state index is 12.2. The molecule has 0 aliphatic heterocycles. The summed E-state index contributed by atoms with van der Waals surface area (Å²) in [5.41, 5.74) is 5.15. The topological polar surface area (TPSA) is 22.0 Å². The van der Waals surface area contributed by atoms with Crippen LogP contribution in [0.3, 0.4) is 0 Å². The first-order valence-electron chi connectivity index (χ1n) is 6.92. The molecule has 0 amide bonds. The van der Waals surface area contributed by atoms with Crippen molar-refractivity contribution in [2.45, 2.75) is 39.5 Å². The number of hydrogen-bond acceptors (Lipinski definition) is 1. The molecule has 0 spiro atoms. The van der Waals surface area contributed by atoms with E-state index in [2.05, 4.69) is 23.6 Å². The second kappa shape index (κ2) is 5.84. The highest BCUT2D eigenvalue weighted by molar-refractivity contribution is 6.33. The number of alkyl halides is 1. The molecule has 1 unspecified atom stereocenters. The van der Waals surface area contributed by atoms with Gasteiger partial charge in [0, 0.05) is 22.6 Å².